The van der Waals surface area contributed by atoms with Crippen LogP contribution in [0.2, 0.25) is 0 Å². The van der Waals surface area contributed by atoms with Crippen molar-refractivity contribution in [3.8, 4) is 6.07 Å². The van der Waals surface area contributed by atoms with Gasteiger partial charge in [0, 0.05) is 13.5 Å². The average Bonchev–Trinajstić information content (AvgIpc) is 2.67. The van der Waals surface area contributed by atoms with Crippen molar-refractivity contribution >= 4 is 17.8 Å². The first-order valence-corrected chi connectivity index (χ1v) is 11.6. The molecular weight excluding hydrogens is 410 g/mol. The zero-order valence-electron chi connectivity index (χ0n) is 21.1. The second kappa shape index (κ2) is 14.1. The van der Waals surface area contributed by atoms with Crippen molar-refractivity contribution in [1.82, 2.24) is 10.2 Å². The molecule has 0 spiro atoms. The van der Waals surface area contributed by atoms with Gasteiger partial charge in [0.15, 0.2) is 0 Å². The molecule has 0 aliphatic carbocycles. The molecule has 0 bridgehead atoms. The lowest BCUT2D eigenvalue weighted by Crippen LogP contribution is -2.55. The largest absolute Gasteiger partial charge is 0.458 e. The lowest BCUT2D eigenvalue weighted by atomic mass is 9.95. The molecule has 0 aromatic carbocycles. The first kappa shape index (κ1) is 29.9. The number of aliphatic hydroxyl groups excluding tert-OH is 1. The molecule has 0 fully saturated rings. The normalized spacial score (nSPS) is 15.3. The average molecular weight is 454 g/mol. The number of nitrogens with one attached hydrogen (secondary N) is 1. The van der Waals surface area contributed by atoms with Crippen LogP contribution in [0.1, 0.15) is 87.0 Å². The second-order valence-corrected chi connectivity index (χ2v) is 10.0. The van der Waals surface area contributed by atoms with E-state index in [1.54, 1.807) is 27.8 Å². The molecule has 2 amide bonds. The summed E-state index contributed by atoms with van der Waals surface area (Å²) < 4.78 is 5.54. The number of carbonyl (C=O) groups excluding carboxylic acids is 3. The summed E-state index contributed by atoms with van der Waals surface area (Å²) in [7, 11) is 1.55. The first-order valence-electron chi connectivity index (χ1n) is 11.6. The van der Waals surface area contributed by atoms with E-state index in [9.17, 15) is 19.5 Å². The fourth-order valence-electron chi connectivity index (χ4n) is 3.46. The number of carbonyl (C=O) groups is 3. The highest BCUT2D eigenvalue weighted by Gasteiger charge is 2.36. The predicted molar refractivity (Wildman–Crippen MR) is 123 cm³/mol. The Hall–Kier alpha value is -2.14. The molecule has 0 aliphatic heterocycles. The molecule has 0 aromatic rings. The molecule has 8 nitrogen and oxygen atoms in total. The van der Waals surface area contributed by atoms with Crippen LogP contribution >= 0.6 is 0 Å². The van der Waals surface area contributed by atoms with Crippen molar-refractivity contribution in [2.24, 2.45) is 11.8 Å². The fraction of sp³-hybridized carbons (Fsp3) is 0.833. The Balaban J connectivity index is 5.71. The number of nitrogens with zero attached hydrogens (tertiary/aromatic N) is 2. The molecule has 32 heavy (non-hydrogen) atoms. The first-order chi connectivity index (χ1) is 14.7. The van der Waals surface area contributed by atoms with Gasteiger partial charge >= 0.3 is 5.97 Å². The van der Waals surface area contributed by atoms with Crippen molar-refractivity contribution in [2.75, 3.05) is 7.05 Å². The molecule has 0 heterocycles. The quantitative estimate of drug-likeness (QED) is 0.413. The van der Waals surface area contributed by atoms with Gasteiger partial charge in [-0.2, -0.15) is 5.26 Å². The van der Waals surface area contributed by atoms with E-state index in [1.807, 2.05) is 33.8 Å². The van der Waals surface area contributed by atoms with E-state index in [2.05, 4.69) is 5.32 Å². The van der Waals surface area contributed by atoms with Gasteiger partial charge in [-0.3, -0.25) is 9.59 Å². The highest BCUT2D eigenvalue weighted by molar-refractivity contribution is 5.91. The van der Waals surface area contributed by atoms with E-state index in [1.165, 1.54) is 4.90 Å². The number of nitriles is 1. The standard InChI is InChI=1S/C24H43N3O5/c1-9-11-17(4)15-18(26-21(29)20(28)12-10-13-25)22(30)27(8)19(14-16(2)3)23(31)32-24(5,6)7/h16-20,28H,9-12,14-15H2,1-8H3,(H,26,29)/t17-,18+,19+,20+/m1/s1. The Bertz CT molecular complexity index is 651. The molecule has 4 atom stereocenters. The minimum absolute atomic E-state index is 0.00250. The van der Waals surface area contributed by atoms with E-state index in [0.717, 1.165) is 12.8 Å². The van der Waals surface area contributed by atoms with E-state index in [0.29, 0.717) is 12.8 Å². The summed E-state index contributed by atoms with van der Waals surface area (Å²) in [4.78, 5) is 40.1. The Morgan fingerprint density at radius 2 is 1.72 bits per heavy atom. The van der Waals surface area contributed by atoms with Crippen LogP contribution < -0.4 is 5.32 Å². The number of ether oxygens (including phenoxy) is 1. The molecule has 0 unspecified atom stereocenters. The third kappa shape index (κ3) is 11.5. The maximum atomic E-state index is 13.4. The minimum atomic E-state index is -1.37. The van der Waals surface area contributed by atoms with Crippen molar-refractivity contribution in [2.45, 2.75) is 111 Å². The van der Waals surface area contributed by atoms with Gasteiger partial charge in [0.05, 0.1) is 6.07 Å². The summed E-state index contributed by atoms with van der Waals surface area (Å²) >= 11 is 0. The van der Waals surface area contributed by atoms with Gasteiger partial charge in [-0.05, 0) is 51.9 Å². The highest BCUT2D eigenvalue weighted by atomic mass is 16.6. The molecule has 184 valence electrons. The van der Waals surface area contributed by atoms with Crippen LogP contribution in [0, 0.1) is 23.2 Å². The monoisotopic (exact) mass is 453 g/mol. The number of esters is 1. The van der Waals surface area contributed by atoms with Crippen molar-refractivity contribution in [3.05, 3.63) is 0 Å². The van der Waals surface area contributed by atoms with E-state index in [-0.39, 0.29) is 24.7 Å². The summed E-state index contributed by atoms with van der Waals surface area (Å²) in [5, 5.41) is 21.4. The Kier molecular flexibility index (Phi) is 13.2. The fourth-order valence-corrected chi connectivity index (χ4v) is 3.46. The Morgan fingerprint density at radius 1 is 1.12 bits per heavy atom. The lowest BCUT2D eigenvalue weighted by molar-refractivity contribution is -0.165. The lowest BCUT2D eigenvalue weighted by Gasteiger charge is -2.34. The topological polar surface area (TPSA) is 120 Å². The van der Waals surface area contributed by atoms with E-state index in [4.69, 9.17) is 10.00 Å². The van der Waals surface area contributed by atoms with Gasteiger partial charge in [-0.25, -0.2) is 4.79 Å². The van der Waals surface area contributed by atoms with Gasteiger partial charge in [0.1, 0.15) is 23.8 Å². The summed E-state index contributed by atoms with van der Waals surface area (Å²) in [6.45, 7) is 13.3. The predicted octanol–water partition coefficient (Wildman–Crippen LogP) is 3.18. The molecule has 0 saturated carbocycles. The highest BCUT2D eigenvalue weighted by Crippen LogP contribution is 2.20. The van der Waals surface area contributed by atoms with Crippen molar-refractivity contribution in [3.63, 3.8) is 0 Å². The Labute approximate surface area is 193 Å². The zero-order valence-corrected chi connectivity index (χ0v) is 21.1. The third-order valence-corrected chi connectivity index (χ3v) is 5.06. The molecule has 0 rings (SSSR count). The number of likely N-dealkylation sites (N-methyl/N-ethyl adjacent to an activating group) is 1. The maximum Gasteiger partial charge on any atom is 0.329 e. The van der Waals surface area contributed by atoms with Gasteiger partial charge in [-0.1, -0.05) is 40.5 Å². The zero-order chi connectivity index (χ0) is 25.1. The summed E-state index contributed by atoms with van der Waals surface area (Å²) in [5.74, 6) is -1.27. The van der Waals surface area contributed by atoms with Crippen LogP contribution in [0.3, 0.4) is 0 Å². The van der Waals surface area contributed by atoms with Gasteiger partial charge < -0.3 is 20.1 Å². The van der Waals surface area contributed by atoms with E-state index >= 15 is 0 Å². The van der Waals surface area contributed by atoms with Crippen LogP contribution in [0.15, 0.2) is 0 Å². The van der Waals surface area contributed by atoms with Crippen LogP contribution in [0.4, 0.5) is 0 Å². The summed E-state index contributed by atoms with van der Waals surface area (Å²) in [5.41, 5.74) is -0.690. The minimum Gasteiger partial charge on any atom is -0.458 e. The number of hydrogen-bond acceptors (Lipinski definition) is 6. The number of rotatable bonds is 13. The van der Waals surface area contributed by atoms with Gasteiger partial charge in [0.2, 0.25) is 11.8 Å². The summed E-state index contributed by atoms with van der Waals surface area (Å²) in [6, 6.07) is 0.222. The van der Waals surface area contributed by atoms with Gasteiger partial charge in [0.25, 0.3) is 0 Å². The molecule has 2 N–H and O–H groups in total. The number of aliphatic hydroxyl groups is 1. The molecule has 0 radical (unpaired) electrons. The van der Waals surface area contributed by atoms with Crippen LogP contribution in [-0.4, -0.2) is 58.6 Å². The summed E-state index contributed by atoms with van der Waals surface area (Å²) in [6.07, 6.45) is 1.29. The van der Waals surface area contributed by atoms with Gasteiger partial charge in [-0.15, -0.1) is 0 Å². The van der Waals surface area contributed by atoms with Crippen LogP contribution in [0.5, 0.6) is 0 Å². The smallest absolute Gasteiger partial charge is 0.329 e. The second-order valence-electron chi connectivity index (χ2n) is 10.0. The number of amides is 2. The third-order valence-electron chi connectivity index (χ3n) is 5.06. The van der Waals surface area contributed by atoms with Crippen LogP contribution in [0.25, 0.3) is 0 Å². The SMILES string of the molecule is CCC[C@@H](C)C[C@H](NC(=O)[C@@H](O)CCC#N)C(=O)N(C)[C@@H](CC(C)C)C(=O)OC(C)(C)C. The molecule has 0 aromatic heterocycles. The molecular formula is C24H43N3O5. The number of hydrogen-bond donors (Lipinski definition) is 2. The van der Waals surface area contributed by atoms with Crippen LogP contribution in [-0.2, 0) is 19.1 Å². The molecule has 8 heteroatoms. The molecule has 0 saturated heterocycles. The Morgan fingerprint density at radius 3 is 2.19 bits per heavy atom. The maximum absolute atomic E-state index is 13.4. The van der Waals surface area contributed by atoms with Crippen molar-refractivity contribution in [1.29, 1.82) is 5.26 Å². The van der Waals surface area contributed by atoms with E-state index < -0.39 is 41.6 Å². The molecule has 0 aliphatic rings. The van der Waals surface area contributed by atoms with Crippen molar-refractivity contribution < 1.29 is 24.2 Å².